The number of hydrogen-bond acceptors (Lipinski definition) is 9. The van der Waals surface area contributed by atoms with Gasteiger partial charge in [0.15, 0.2) is 28.6 Å². The van der Waals surface area contributed by atoms with Crippen molar-refractivity contribution >= 4 is 28.5 Å². The number of nitrogen functional groups attached to an aromatic ring is 1. The number of carbonyl (C=O) groups is 2. The molecule has 128 valence electrons. The second-order valence-electron chi connectivity index (χ2n) is 5.83. The van der Waals surface area contributed by atoms with Gasteiger partial charge in [0.1, 0.15) is 30.3 Å². The number of anilines is 1. The molecule has 1 saturated heterocycles. The average molecular weight is 335 g/mol. The van der Waals surface area contributed by atoms with E-state index in [4.69, 9.17) is 10.5 Å². The standard InChI is InChI=1S/C14H17N5O5/c1-6(20)10(22)11-14(23,7(2)21)3-8(24-11)19-5-18-9-12(15)16-4-17-13(9)19/h4-5,8,10-11,22-23H,3H2,1-2H3,(H2,15,16,17)/t8-,10?,11-,14-/m1/s1. The van der Waals surface area contributed by atoms with Crippen molar-refractivity contribution in [3.05, 3.63) is 12.7 Å². The summed E-state index contributed by atoms with van der Waals surface area (Å²) >= 11 is 0. The topological polar surface area (TPSA) is 153 Å². The van der Waals surface area contributed by atoms with Crippen LogP contribution in [0.5, 0.6) is 0 Å². The van der Waals surface area contributed by atoms with Gasteiger partial charge >= 0.3 is 0 Å². The zero-order valence-electron chi connectivity index (χ0n) is 13.1. The van der Waals surface area contributed by atoms with Crippen LogP contribution in [0.4, 0.5) is 5.82 Å². The number of aliphatic hydroxyl groups excluding tert-OH is 1. The van der Waals surface area contributed by atoms with E-state index in [9.17, 15) is 19.8 Å². The van der Waals surface area contributed by atoms with Gasteiger partial charge in [-0.15, -0.1) is 0 Å². The van der Waals surface area contributed by atoms with Crippen molar-refractivity contribution in [1.29, 1.82) is 0 Å². The molecule has 4 atom stereocenters. The summed E-state index contributed by atoms with van der Waals surface area (Å²) in [5, 5.41) is 20.7. The van der Waals surface area contributed by atoms with Gasteiger partial charge in [-0.2, -0.15) is 0 Å². The molecule has 0 aliphatic carbocycles. The molecule has 2 aromatic heterocycles. The van der Waals surface area contributed by atoms with Crippen LogP contribution in [-0.2, 0) is 14.3 Å². The van der Waals surface area contributed by atoms with Crippen LogP contribution >= 0.6 is 0 Å². The molecule has 10 nitrogen and oxygen atoms in total. The van der Waals surface area contributed by atoms with Gasteiger partial charge in [-0.05, 0) is 13.8 Å². The fourth-order valence-electron chi connectivity index (χ4n) is 2.85. The smallest absolute Gasteiger partial charge is 0.167 e. The van der Waals surface area contributed by atoms with Gasteiger partial charge in [-0.25, -0.2) is 15.0 Å². The third kappa shape index (κ3) is 2.35. The Morgan fingerprint density at radius 1 is 1.42 bits per heavy atom. The van der Waals surface area contributed by atoms with Crippen molar-refractivity contribution in [3.8, 4) is 0 Å². The molecule has 2 aromatic rings. The lowest BCUT2D eigenvalue weighted by Gasteiger charge is -2.27. The third-order valence-electron chi connectivity index (χ3n) is 4.27. The van der Waals surface area contributed by atoms with Crippen molar-refractivity contribution in [3.63, 3.8) is 0 Å². The van der Waals surface area contributed by atoms with E-state index in [0.29, 0.717) is 11.2 Å². The zero-order valence-corrected chi connectivity index (χ0v) is 13.1. The molecule has 0 amide bonds. The van der Waals surface area contributed by atoms with Gasteiger partial charge in [-0.1, -0.05) is 0 Å². The number of ether oxygens (including phenoxy) is 1. The Balaban J connectivity index is 2.02. The normalized spacial score (nSPS) is 28.2. The minimum Gasteiger partial charge on any atom is -0.382 e. The second-order valence-corrected chi connectivity index (χ2v) is 5.83. The number of ketones is 2. The van der Waals surface area contributed by atoms with Crippen molar-refractivity contribution in [2.75, 3.05) is 5.73 Å². The van der Waals surface area contributed by atoms with Gasteiger partial charge in [0.05, 0.1) is 6.33 Å². The van der Waals surface area contributed by atoms with E-state index in [2.05, 4.69) is 15.0 Å². The Bertz CT molecular complexity index is 821. The van der Waals surface area contributed by atoms with Gasteiger partial charge in [0.2, 0.25) is 0 Å². The van der Waals surface area contributed by atoms with E-state index in [-0.39, 0.29) is 12.2 Å². The van der Waals surface area contributed by atoms with Crippen molar-refractivity contribution in [2.24, 2.45) is 0 Å². The largest absolute Gasteiger partial charge is 0.382 e. The summed E-state index contributed by atoms with van der Waals surface area (Å²) in [5.74, 6) is -1.03. The zero-order chi connectivity index (χ0) is 17.6. The predicted octanol–water partition coefficient (Wildman–Crippen LogP) is -1.03. The first-order chi connectivity index (χ1) is 11.3. The van der Waals surface area contributed by atoms with E-state index >= 15 is 0 Å². The number of nitrogens with zero attached hydrogens (tertiary/aromatic N) is 4. The van der Waals surface area contributed by atoms with Crippen LogP contribution in [0.1, 0.15) is 26.5 Å². The summed E-state index contributed by atoms with van der Waals surface area (Å²) < 4.78 is 7.11. The summed E-state index contributed by atoms with van der Waals surface area (Å²) in [6, 6.07) is 0. The molecule has 10 heteroatoms. The Morgan fingerprint density at radius 2 is 2.12 bits per heavy atom. The molecule has 0 saturated carbocycles. The van der Waals surface area contributed by atoms with Gasteiger partial charge in [-0.3, -0.25) is 14.2 Å². The Hall–Kier alpha value is -2.43. The molecule has 1 aliphatic rings. The molecule has 1 unspecified atom stereocenters. The van der Waals surface area contributed by atoms with Crippen LogP contribution in [0.3, 0.4) is 0 Å². The quantitative estimate of drug-likeness (QED) is 0.636. The molecule has 0 bridgehead atoms. The number of Topliss-reactive ketones (excluding diaryl/α,β-unsaturated/α-hetero) is 2. The molecular weight excluding hydrogens is 318 g/mol. The van der Waals surface area contributed by atoms with Crippen LogP contribution in [0, 0.1) is 0 Å². The number of rotatable bonds is 4. The molecule has 3 heterocycles. The van der Waals surface area contributed by atoms with Crippen LogP contribution in [0.2, 0.25) is 0 Å². The first-order valence-corrected chi connectivity index (χ1v) is 7.26. The molecule has 0 radical (unpaired) electrons. The lowest BCUT2D eigenvalue weighted by Crippen LogP contribution is -2.52. The highest BCUT2D eigenvalue weighted by atomic mass is 16.6. The molecule has 0 aromatic carbocycles. The maximum absolute atomic E-state index is 11.9. The molecule has 1 fully saturated rings. The van der Waals surface area contributed by atoms with Crippen LogP contribution in [0.15, 0.2) is 12.7 Å². The second kappa shape index (κ2) is 5.58. The number of fused-ring (bicyclic) bond motifs is 1. The molecule has 0 spiro atoms. The maximum Gasteiger partial charge on any atom is 0.167 e. The SMILES string of the molecule is CC(=O)C(O)[C@H]1O[C@@H](n2cnc3c(N)ncnc32)C[C@@]1(O)C(C)=O. The summed E-state index contributed by atoms with van der Waals surface area (Å²) in [5.41, 5.74) is 4.44. The van der Waals surface area contributed by atoms with E-state index in [1.165, 1.54) is 24.1 Å². The van der Waals surface area contributed by atoms with Crippen LogP contribution in [0.25, 0.3) is 11.2 Å². The summed E-state index contributed by atoms with van der Waals surface area (Å²) in [7, 11) is 0. The van der Waals surface area contributed by atoms with Crippen LogP contribution in [-0.4, -0.2) is 59.1 Å². The highest BCUT2D eigenvalue weighted by molar-refractivity contribution is 5.89. The van der Waals surface area contributed by atoms with Gasteiger partial charge in [0.25, 0.3) is 0 Å². The van der Waals surface area contributed by atoms with Crippen LogP contribution < -0.4 is 5.73 Å². The Kier molecular flexibility index (Phi) is 3.82. The molecule has 24 heavy (non-hydrogen) atoms. The van der Waals surface area contributed by atoms with E-state index in [0.717, 1.165) is 6.92 Å². The number of aliphatic hydroxyl groups is 2. The first kappa shape index (κ1) is 16.4. The molecule has 4 N–H and O–H groups in total. The first-order valence-electron chi connectivity index (χ1n) is 7.26. The number of nitrogens with two attached hydrogens (primary N) is 1. The number of aromatic nitrogens is 4. The third-order valence-corrected chi connectivity index (χ3v) is 4.27. The monoisotopic (exact) mass is 335 g/mol. The predicted molar refractivity (Wildman–Crippen MR) is 80.6 cm³/mol. The minimum atomic E-state index is -2.00. The Labute approximate surface area is 136 Å². The van der Waals surface area contributed by atoms with Crippen molar-refractivity contribution in [2.45, 2.75) is 44.3 Å². The lowest BCUT2D eigenvalue weighted by molar-refractivity contribution is -0.158. The van der Waals surface area contributed by atoms with Gasteiger partial charge in [0, 0.05) is 6.42 Å². The van der Waals surface area contributed by atoms with Crippen molar-refractivity contribution < 1.29 is 24.5 Å². The molecule has 1 aliphatic heterocycles. The fraction of sp³-hybridized carbons (Fsp3) is 0.500. The van der Waals surface area contributed by atoms with E-state index < -0.39 is 35.6 Å². The minimum absolute atomic E-state index is 0.160. The Morgan fingerprint density at radius 3 is 2.75 bits per heavy atom. The molecule has 3 rings (SSSR count). The summed E-state index contributed by atoms with van der Waals surface area (Å²) in [6.07, 6.45) is -1.37. The summed E-state index contributed by atoms with van der Waals surface area (Å²) in [4.78, 5) is 35.4. The number of carbonyl (C=O) groups excluding carboxylic acids is 2. The molecular formula is C14H17N5O5. The lowest BCUT2D eigenvalue weighted by atomic mass is 9.86. The average Bonchev–Trinajstić information content (AvgIpc) is 3.09. The number of imidazole rings is 1. The summed E-state index contributed by atoms with van der Waals surface area (Å²) in [6.45, 7) is 2.33. The number of hydrogen-bond donors (Lipinski definition) is 3. The van der Waals surface area contributed by atoms with Crippen molar-refractivity contribution in [1.82, 2.24) is 19.5 Å². The highest BCUT2D eigenvalue weighted by Gasteiger charge is 2.55. The fourth-order valence-corrected chi connectivity index (χ4v) is 2.85. The van der Waals surface area contributed by atoms with E-state index in [1.54, 1.807) is 0 Å². The maximum atomic E-state index is 11.9. The van der Waals surface area contributed by atoms with E-state index in [1.807, 2.05) is 0 Å². The van der Waals surface area contributed by atoms with Gasteiger partial charge < -0.3 is 20.7 Å². The highest BCUT2D eigenvalue weighted by Crippen LogP contribution is 2.40.